The average molecular weight is 452 g/mol. The molecule has 1 saturated carbocycles. The van der Waals surface area contributed by atoms with E-state index in [1.807, 2.05) is 48.2 Å². The molecule has 1 fully saturated rings. The van der Waals surface area contributed by atoms with E-state index in [1.54, 1.807) is 30.3 Å². The van der Waals surface area contributed by atoms with E-state index in [0.29, 0.717) is 23.4 Å². The summed E-state index contributed by atoms with van der Waals surface area (Å²) in [6.45, 7) is 2.51. The first-order chi connectivity index (χ1) is 16.5. The van der Waals surface area contributed by atoms with Crippen LogP contribution < -0.4 is 10.2 Å². The summed E-state index contributed by atoms with van der Waals surface area (Å²) in [5.41, 5.74) is 5.60. The fourth-order valence-corrected chi connectivity index (χ4v) is 5.40. The molecule has 1 unspecified atom stereocenters. The minimum atomic E-state index is -0.164. The third-order valence-corrected chi connectivity index (χ3v) is 7.37. The molecule has 5 rings (SSSR count). The third kappa shape index (κ3) is 4.03. The molecule has 1 heterocycles. The highest BCUT2D eigenvalue weighted by Crippen LogP contribution is 2.45. The molecule has 1 atom stereocenters. The lowest BCUT2D eigenvalue weighted by Crippen LogP contribution is -2.34. The van der Waals surface area contributed by atoms with Gasteiger partial charge in [-0.05, 0) is 86.6 Å². The fraction of sp³-hybridized carbons (Fsp3) is 0.276. The average Bonchev–Trinajstić information content (AvgIpc) is 3.10. The molecule has 2 amide bonds. The van der Waals surface area contributed by atoms with E-state index < -0.39 is 0 Å². The number of rotatable bonds is 3. The van der Waals surface area contributed by atoms with Crippen molar-refractivity contribution in [2.75, 3.05) is 16.8 Å². The lowest BCUT2D eigenvalue weighted by molar-refractivity contribution is 0.0984. The number of anilines is 2. The Morgan fingerprint density at radius 1 is 0.941 bits per heavy atom. The van der Waals surface area contributed by atoms with Gasteiger partial charge in [-0.2, -0.15) is 0 Å². The van der Waals surface area contributed by atoms with Crippen LogP contribution in [0.1, 0.15) is 57.5 Å². The molecule has 5 nitrogen and oxygen atoms in total. The standard InChI is InChI=1S/C29H29N3O2/c1-20-7-2-4-9-24(20)27(33)31-23-14-12-21(13-15-23)28(34)32-18-17-29(16-6-11-26(29)30)19-22-8-3-5-10-25(22)32/h2-5,7-10,12-15,30H,6,11,16-19H2,1H3,(H,31,33). The van der Waals surface area contributed by atoms with Crippen LogP contribution in [0.3, 0.4) is 0 Å². The Kier molecular flexibility index (Phi) is 5.78. The lowest BCUT2D eigenvalue weighted by Gasteiger charge is -2.28. The largest absolute Gasteiger partial charge is 0.322 e. The summed E-state index contributed by atoms with van der Waals surface area (Å²) < 4.78 is 0. The molecule has 172 valence electrons. The van der Waals surface area contributed by atoms with Gasteiger partial charge in [0.15, 0.2) is 0 Å². The van der Waals surface area contributed by atoms with Gasteiger partial charge < -0.3 is 15.6 Å². The smallest absolute Gasteiger partial charge is 0.258 e. The molecule has 2 aliphatic rings. The maximum atomic E-state index is 13.6. The number of aryl methyl sites for hydroxylation is 1. The van der Waals surface area contributed by atoms with E-state index >= 15 is 0 Å². The molecule has 0 aromatic heterocycles. The molecule has 0 bridgehead atoms. The summed E-state index contributed by atoms with van der Waals surface area (Å²) in [5.74, 6) is -0.214. The molecule has 1 aliphatic carbocycles. The highest BCUT2D eigenvalue weighted by Gasteiger charge is 2.42. The van der Waals surface area contributed by atoms with Crippen molar-refractivity contribution >= 4 is 28.9 Å². The monoisotopic (exact) mass is 451 g/mol. The Bertz CT molecular complexity index is 1260. The first-order valence-electron chi connectivity index (χ1n) is 11.9. The Morgan fingerprint density at radius 3 is 2.41 bits per heavy atom. The van der Waals surface area contributed by atoms with Gasteiger partial charge >= 0.3 is 0 Å². The Morgan fingerprint density at radius 2 is 1.68 bits per heavy atom. The van der Waals surface area contributed by atoms with E-state index in [0.717, 1.165) is 54.6 Å². The van der Waals surface area contributed by atoms with Crippen LogP contribution in [0.2, 0.25) is 0 Å². The topological polar surface area (TPSA) is 73.3 Å². The number of carbonyl (C=O) groups is 2. The van der Waals surface area contributed by atoms with Crippen LogP contribution in [-0.4, -0.2) is 24.1 Å². The van der Waals surface area contributed by atoms with Gasteiger partial charge in [0, 0.05) is 40.2 Å². The quantitative estimate of drug-likeness (QED) is 0.510. The minimum Gasteiger partial charge on any atom is -0.322 e. The van der Waals surface area contributed by atoms with Gasteiger partial charge in [0.05, 0.1) is 0 Å². The number of para-hydroxylation sites is 1. The van der Waals surface area contributed by atoms with E-state index in [-0.39, 0.29) is 17.2 Å². The first kappa shape index (κ1) is 22.1. The Hall–Kier alpha value is -3.73. The van der Waals surface area contributed by atoms with Crippen molar-refractivity contribution < 1.29 is 9.59 Å². The number of hydrogen-bond acceptors (Lipinski definition) is 3. The van der Waals surface area contributed by atoms with Gasteiger partial charge in [-0.3, -0.25) is 9.59 Å². The second kappa shape index (κ2) is 8.90. The predicted octanol–water partition coefficient (Wildman–Crippen LogP) is 6.03. The molecule has 0 saturated heterocycles. The van der Waals surface area contributed by atoms with Crippen molar-refractivity contribution in [2.45, 2.75) is 39.0 Å². The van der Waals surface area contributed by atoms with Crippen LogP contribution in [0, 0.1) is 17.7 Å². The van der Waals surface area contributed by atoms with Crippen LogP contribution in [-0.2, 0) is 6.42 Å². The van der Waals surface area contributed by atoms with Crippen molar-refractivity contribution in [2.24, 2.45) is 5.41 Å². The zero-order valence-corrected chi connectivity index (χ0v) is 19.4. The second-order valence-electron chi connectivity index (χ2n) is 9.47. The van der Waals surface area contributed by atoms with Crippen LogP contribution in [0.4, 0.5) is 11.4 Å². The fourth-order valence-electron chi connectivity index (χ4n) is 5.40. The Labute approximate surface area is 200 Å². The van der Waals surface area contributed by atoms with Crippen molar-refractivity contribution in [3.63, 3.8) is 0 Å². The highest BCUT2D eigenvalue weighted by atomic mass is 16.2. The second-order valence-corrected chi connectivity index (χ2v) is 9.47. The van der Waals surface area contributed by atoms with Crippen LogP contribution in [0.5, 0.6) is 0 Å². The molecule has 34 heavy (non-hydrogen) atoms. The number of fused-ring (bicyclic) bond motifs is 1. The van der Waals surface area contributed by atoms with E-state index in [1.165, 1.54) is 0 Å². The van der Waals surface area contributed by atoms with E-state index in [4.69, 9.17) is 5.41 Å². The number of amides is 2. The zero-order valence-electron chi connectivity index (χ0n) is 19.4. The molecule has 1 aliphatic heterocycles. The van der Waals surface area contributed by atoms with Crippen LogP contribution in [0.25, 0.3) is 0 Å². The molecule has 5 heteroatoms. The number of nitrogens with zero attached hydrogens (tertiary/aromatic N) is 1. The number of hydrogen-bond donors (Lipinski definition) is 2. The predicted molar refractivity (Wildman–Crippen MR) is 136 cm³/mol. The minimum absolute atomic E-state index is 0.0502. The van der Waals surface area contributed by atoms with Crippen molar-refractivity contribution in [3.8, 4) is 0 Å². The lowest BCUT2D eigenvalue weighted by atomic mass is 9.76. The Balaban J connectivity index is 1.37. The van der Waals surface area contributed by atoms with Gasteiger partial charge in [0.25, 0.3) is 11.8 Å². The van der Waals surface area contributed by atoms with Gasteiger partial charge in [-0.25, -0.2) is 0 Å². The maximum absolute atomic E-state index is 13.6. The molecule has 0 radical (unpaired) electrons. The van der Waals surface area contributed by atoms with Crippen molar-refractivity contribution in [1.82, 2.24) is 0 Å². The zero-order chi connectivity index (χ0) is 23.7. The summed E-state index contributed by atoms with van der Waals surface area (Å²) in [6, 6.07) is 22.7. The summed E-state index contributed by atoms with van der Waals surface area (Å²) in [4.78, 5) is 28.1. The number of nitrogens with one attached hydrogen (secondary N) is 2. The van der Waals surface area contributed by atoms with Crippen molar-refractivity contribution in [3.05, 3.63) is 95.1 Å². The SMILES string of the molecule is Cc1ccccc1C(=O)Nc1ccc(C(=O)N2CCC3(CCCC3=N)Cc3ccccc32)cc1. The first-order valence-corrected chi connectivity index (χ1v) is 11.9. The van der Waals surface area contributed by atoms with E-state index in [2.05, 4.69) is 11.4 Å². The van der Waals surface area contributed by atoms with Crippen LogP contribution >= 0.6 is 0 Å². The molecular weight excluding hydrogens is 422 g/mol. The molecule has 3 aromatic rings. The molecule has 3 aromatic carbocycles. The summed E-state index contributed by atoms with van der Waals surface area (Å²) >= 11 is 0. The molecule has 2 N–H and O–H groups in total. The summed E-state index contributed by atoms with van der Waals surface area (Å²) in [7, 11) is 0. The van der Waals surface area contributed by atoms with Crippen LogP contribution in [0.15, 0.2) is 72.8 Å². The number of benzene rings is 3. The van der Waals surface area contributed by atoms with Gasteiger partial charge in [-0.1, -0.05) is 36.4 Å². The summed E-state index contributed by atoms with van der Waals surface area (Å²) in [6.07, 6.45) is 4.60. The number of carbonyl (C=O) groups excluding carboxylic acids is 2. The van der Waals surface area contributed by atoms with Gasteiger partial charge in [0.2, 0.25) is 0 Å². The normalized spacial score (nSPS) is 19.6. The van der Waals surface area contributed by atoms with E-state index in [9.17, 15) is 9.59 Å². The maximum Gasteiger partial charge on any atom is 0.258 e. The molecular formula is C29H29N3O2. The van der Waals surface area contributed by atoms with Gasteiger partial charge in [0.1, 0.15) is 0 Å². The van der Waals surface area contributed by atoms with Gasteiger partial charge in [-0.15, -0.1) is 0 Å². The van der Waals surface area contributed by atoms with Crippen molar-refractivity contribution in [1.29, 1.82) is 5.41 Å². The molecule has 1 spiro atoms. The third-order valence-electron chi connectivity index (χ3n) is 7.37. The summed E-state index contributed by atoms with van der Waals surface area (Å²) in [5, 5.41) is 11.5. The highest BCUT2D eigenvalue weighted by molar-refractivity contribution is 6.08.